The maximum atomic E-state index is 9.95. The topological polar surface area (TPSA) is 142 Å². The molecule has 2 rings (SSSR count). The molecule has 1 aromatic carbocycles. The van der Waals surface area contributed by atoms with Crippen molar-refractivity contribution in [2.24, 2.45) is 0 Å². The number of nitriles is 2. The molecule has 0 amide bonds. The lowest BCUT2D eigenvalue weighted by atomic mass is 10.1. The molecule has 0 aliphatic rings. The zero-order valence-electron chi connectivity index (χ0n) is 24.2. The minimum Gasteiger partial charge on any atom is -0.399 e. The largest absolute Gasteiger partial charge is 0.399 e. The second-order valence-electron chi connectivity index (χ2n) is 9.54. The molecular weight excluding hydrogens is 510 g/mol. The third-order valence-electron chi connectivity index (χ3n) is 6.47. The van der Waals surface area contributed by atoms with Crippen LogP contribution in [0.3, 0.4) is 0 Å². The van der Waals surface area contributed by atoms with Gasteiger partial charge in [-0.3, -0.25) is 0 Å². The quantitative estimate of drug-likeness (QED) is 0.160. The Bertz CT molecular complexity index is 1040. The summed E-state index contributed by atoms with van der Waals surface area (Å²) in [7, 11) is 0. The van der Waals surface area contributed by atoms with Gasteiger partial charge in [-0.25, -0.2) is 0 Å². The summed E-state index contributed by atoms with van der Waals surface area (Å²) in [6.07, 6.45) is 7.96. The third kappa shape index (κ3) is 13.2. The van der Waals surface area contributed by atoms with Crippen molar-refractivity contribution in [3.8, 4) is 12.1 Å². The van der Waals surface area contributed by atoms with E-state index in [0.717, 1.165) is 48.5 Å². The Kier molecular flexibility index (Phi) is 17.7. The fraction of sp³-hybridized carbons (Fsp3) is 0.600. The van der Waals surface area contributed by atoms with Crippen molar-refractivity contribution >= 4 is 27.7 Å². The van der Waals surface area contributed by atoms with Gasteiger partial charge >= 0.3 is 0 Å². The molecule has 5 N–H and O–H groups in total. The van der Waals surface area contributed by atoms with E-state index < -0.39 is 0 Å². The van der Waals surface area contributed by atoms with Crippen LogP contribution < -0.4 is 16.4 Å². The number of aliphatic hydroxyl groups excluding tert-OH is 1. The number of aliphatic hydroxyl groups is 1. The molecule has 8 nitrogen and oxygen atoms in total. The first-order chi connectivity index (χ1) is 18.8. The van der Waals surface area contributed by atoms with E-state index in [1.165, 1.54) is 37.8 Å². The van der Waals surface area contributed by atoms with E-state index in [2.05, 4.69) is 30.9 Å². The van der Waals surface area contributed by atoms with E-state index in [9.17, 15) is 5.11 Å². The fourth-order valence-electron chi connectivity index (χ4n) is 3.97. The molecule has 1 atom stereocenters. The van der Waals surface area contributed by atoms with Crippen molar-refractivity contribution in [2.75, 3.05) is 55.9 Å². The van der Waals surface area contributed by atoms with Gasteiger partial charge in [0.05, 0.1) is 38.1 Å². The minimum absolute atomic E-state index is 0.351. The Morgan fingerprint density at radius 2 is 1.67 bits per heavy atom. The number of likely N-dealkylation sites (N-methyl/N-ethyl adjacent to an activating group) is 1. The van der Waals surface area contributed by atoms with Crippen LogP contribution in [0.25, 0.3) is 0 Å². The maximum Gasteiger partial charge on any atom is 0.111 e. The van der Waals surface area contributed by atoms with Crippen molar-refractivity contribution in [3.63, 3.8) is 0 Å². The van der Waals surface area contributed by atoms with E-state index in [1.54, 1.807) is 6.92 Å². The van der Waals surface area contributed by atoms with Crippen LogP contribution in [0.4, 0.5) is 16.4 Å². The highest BCUT2D eigenvalue weighted by Crippen LogP contribution is 2.28. The Morgan fingerprint density at radius 1 is 0.974 bits per heavy atom. The number of thiophene rings is 1. The minimum atomic E-state index is -0.351. The van der Waals surface area contributed by atoms with Crippen LogP contribution in [-0.2, 0) is 9.47 Å². The number of nitrogens with two attached hydrogens (primary N) is 2. The van der Waals surface area contributed by atoms with Crippen LogP contribution in [-0.4, -0.2) is 50.7 Å². The summed E-state index contributed by atoms with van der Waals surface area (Å²) in [4.78, 5) is 2.80. The summed E-state index contributed by atoms with van der Waals surface area (Å²) in [6, 6.07) is 10.1. The molecule has 9 heteroatoms. The molecule has 0 radical (unpaired) electrons. The lowest BCUT2D eigenvalue weighted by Gasteiger charge is -2.23. The van der Waals surface area contributed by atoms with Crippen molar-refractivity contribution in [1.29, 1.82) is 10.5 Å². The summed E-state index contributed by atoms with van der Waals surface area (Å²) >= 11 is 1.16. The average Bonchev–Trinajstić information content (AvgIpc) is 3.21. The molecule has 0 fully saturated rings. The summed E-state index contributed by atoms with van der Waals surface area (Å²) in [6.45, 7) is 12.0. The number of benzene rings is 1. The standard InChI is InChI=1S/C23H42N2O3.C7H5N3S/c1-4-6-7-8-9-10-11-22(26)19-28-17-16-27-15-14-25(5-2)21-12-13-23(24)20(3)18-21;1-4-5(2-8)7(10)11-6(4)3-9/h12-13,18,22,26H,4-11,14-17,19,24H2,1-3H3;10H2,1H3. The highest BCUT2D eigenvalue weighted by Gasteiger charge is 2.11. The van der Waals surface area contributed by atoms with Gasteiger partial charge in [-0.2, -0.15) is 10.5 Å². The molecule has 39 heavy (non-hydrogen) atoms. The molecule has 0 saturated heterocycles. The highest BCUT2D eigenvalue weighted by atomic mass is 32.1. The summed E-state index contributed by atoms with van der Waals surface area (Å²) in [5, 5.41) is 27.5. The number of aryl methyl sites for hydroxylation is 1. The van der Waals surface area contributed by atoms with E-state index in [4.69, 9.17) is 31.5 Å². The number of hydrogen-bond donors (Lipinski definition) is 3. The predicted molar refractivity (Wildman–Crippen MR) is 162 cm³/mol. The number of unbranched alkanes of at least 4 members (excludes halogenated alkanes) is 5. The Balaban J connectivity index is 0.000000573. The van der Waals surface area contributed by atoms with Gasteiger partial charge in [-0.05, 0) is 56.5 Å². The second-order valence-corrected chi connectivity index (χ2v) is 10.6. The second kappa shape index (κ2) is 20.1. The Morgan fingerprint density at radius 3 is 2.26 bits per heavy atom. The predicted octanol–water partition coefficient (Wildman–Crippen LogP) is 5.93. The summed E-state index contributed by atoms with van der Waals surface area (Å²) in [5.74, 6) is 0. The smallest absolute Gasteiger partial charge is 0.111 e. The van der Waals surface area contributed by atoms with Crippen molar-refractivity contribution in [3.05, 3.63) is 39.8 Å². The molecule has 216 valence electrons. The molecule has 0 aliphatic carbocycles. The van der Waals surface area contributed by atoms with Gasteiger partial charge in [0.1, 0.15) is 22.0 Å². The molecule has 0 aliphatic heterocycles. The van der Waals surface area contributed by atoms with Crippen molar-refractivity contribution in [1.82, 2.24) is 0 Å². The summed E-state index contributed by atoms with van der Waals surface area (Å²) < 4.78 is 11.2. The lowest BCUT2D eigenvalue weighted by Crippen LogP contribution is -2.27. The van der Waals surface area contributed by atoms with Crippen LogP contribution >= 0.6 is 11.3 Å². The van der Waals surface area contributed by atoms with Gasteiger partial charge in [-0.1, -0.05) is 45.4 Å². The van der Waals surface area contributed by atoms with Gasteiger partial charge in [0.2, 0.25) is 0 Å². The third-order valence-corrected chi connectivity index (χ3v) is 7.49. The molecule has 0 spiro atoms. The fourth-order valence-corrected chi connectivity index (χ4v) is 4.79. The zero-order valence-corrected chi connectivity index (χ0v) is 25.0. The first-order valence-corrected chi connectivity index (χ1v) is 14.7. The van der Waals surface area contributed by atoms with Gasteiger partial charge in [0, 0.05) is 24.5 Å². The number of nitrogen functional groups attached to an aromatic ring is 2. The number of hydrogen-bond acceptors (Lipinski definition) is 9. The zero-order chi connectivity index (χ0) is 29.0. The van der Waals surface area contributed by atoms with E-state index in [0.29, 0.717) is 47.4 Å². The van der Waals surface area contributed by atoms with Crippen LogP contribution in [0.2, 0.25) is 0 Å². The van der Waals surface area contributed by atoms with Crippen LogP contribution in [0.5, 0.6) is 0 Å². The van der Waals surface area contributed by atoms with E-state index >= 15 is 0 Å². The number of nitrogens with zero attached hydrogens (tertiary/aromatic N) is 3. The molecule has 0 bridgehead atoms. The number of rotatable bonds is 17. The molecular formula is C30H47N5O3S. The normalized spacial score (nSPS) is 11.3. The molecule has 1 unspecified atom stereocenters. The van der Waals surface area contributed by atoms with Crippen molar-refractivity contribution < 1.29 is 14.6 Å². The van der Waals surface area contributed by atoms with Crippen LogP contribution in [0, 0.1) is 36.5 Å². The van der Waals surface area contributed by atoms with Gasteiger partial charge in [0.25, 0.3) is 0 Å². The van der Waals surface area contributed by atoms with Crippen LogP contribution in [0.15, 0.2) is 18.2 Å². The van der Waals surface area contributed by atoms with Crippen molar-refractivity contribution in [2.45, 2.75) is 78.7 Å². The Labute approximate surface area is 239 Å². The van der Waals surface area contributed by atoms with E-state index in [-0.39, 0.29) is 6.10 Å². The lowest BCUT2D eigenvalue weighted by molar-refractivity contribution is 0.00182. The van der Waals surface area contributed by atoms with Gasteiger partial charge in [0.15, 0.2) is 0 Å². The number of ether oxygens (including phenoxy) is 2. The SMILES string of the molecule is CCCCCCCCC(O)COCCOCCN(CC)c1ccc(N)c(C)c1.Cc1c(C#N)sc(N)c1C#N. The monoisotopic (exact) mass is 557 g/mol. The molecule has 0 saturated carbocycles. The van der Waals surface area contributed by atoms with Gasteiger partial charge < -0.3 is 30.9 Å². The average molecular weight is 558 g/mol. The van der Waals surface area contributed by atoms with Gasteiger partial charge in [-0.15, -0.1) is 11.3 Å². The first kappa shape index (κ1) is 34.2. The number of anilines is 3. The first-order valence-electron chi connectivity index (χ1n) is 13.9. The molecule has 1 aromatic heterocycles. The van der Waals surface area contributed by atoms with E-state index in [1.807, 2.05) is 25.1 Å². The highest BCUT2D eigenvalue weighted by molar-refractivity contribution is 7.16. The summed E-state index contributed by atoms with van der Waals surface area (Å²) in [5.41, 5.74) is 15.6. The molecule has 2 aromatic rings. The Hall–Kier alpha value is -2.82. The van der Waals surface area contributed by atoms with Crippen LogP contribution in [0.1, 0.15) is 80.4 Å². The molecule has 1 heterocycles. The maximum absolute atomic E-state index is 9.95.